The number of nitrogens with one attached hydrogen (secondary N) is 1. The highest BCUT2D eigenvalue weighted by Gasteiger charge is 2.18. The van der Waals surface area contributed by atoms with Crippen molar-refractivity contribution >= 4 is 0 Å². The maximum absolute atomic E-state index is 5.72. The first-order valence-corrected chi connectivity index (χ1v) is 4.58. The lowest BCUT2D eigenvalue weighted by Gasteiger charge is -2.02. The summed E-state index contributed by atoms with van der Waals surface area (Å²) in [5.74, 6) is 0. The Labute approximate surface area is 72.4 Å². The lowest BCUT2D eigenvalue weighted by Crippen LogP contribution is -2.18. The summed E-state index contributed by atoms with van der Waals surface area (Å²) in [6.45, 7) is 2.02. The van der Waals surface area contributed by atoms with E-state index in [2.05, 4.69) is 10.2 Å². The normalized spacial score (nSPS) is 17.8. The van der Waals surface area contributed by atoms with E-state index in [1.165, 1.54) is 36.2 Å². The molecule has 0 saturated heterocycles. The van der Waals surface area contributed by atoms with Crippen molar-refractivity contribution in [2.45, 2.75) is 38.6 Å². The van der Waals surface area contributed by atoms with Crippen LogP contribution in [0.4, 0.5) is 0 Å². The zero-order chi connectivity index (χ0) is 8.55. The molecule has 0 bridgehead atoms. The number of aryl methyl sites for hydroxylation is 1. The van der Waals surface area contributed by atoms with Gasteiger partial charge in [0.25, 0.3) is 0 Å². The van der Waals surface area contributed by atoms with Crippen LogP contribution in [-0.2, 0) is 19.3 Å². The summed E-state index contributed by atoms with van der Waals surface area (Å²) < 4.78 is 0. The lowest BCUT2D eigenvalue weighted by molar-refractivity contribution is 0.708. The van der Waals surface area contributed by atoms with Gasteiger partial charge in [-0.25, -0.2) is 0 Å². The summed E-state index contributed by atoms with van der Waals surface area (Å²) in [5, 5.41) is 7.36. The van der Waals surface area contributed by atoms with Crippen molar-refractivity contribution in [3.05, 3.63) is 17.0 Å². The van der Waals surface area contributed by atoms with Gasteiger partial charge in [-0.2, -0.15) is 5.10 Å². The van der Waals surface area contributed by atoms with E-state index in [0.29, 0.717) is 0 Å². The molecule has 1 aromatic heterocycles. The Hall–Kier alpha value is -0.830. The van der Waals surface area contributed by atoms with E-state index in [1.807, 2.05) is 6.92 Å². The Bertz CT molecular complexity index is 275. The van der Waals surface area contributed by atoms with Gasteiger partial charge in [0.05, 0.1) is 5.69 Å². The molecule has 1 heterocycles. The van der Waals surface area contributed by atoms with Crippen molar-refractivity contribution in [2.24, 2.45) is 5.73 Å². The number of H-pyrrole nitrogens is 1. The van der Waals surface area contributed by atoms with Crippen LogP contribution in [-0.4, -0.2) is 16.2 Å². The fraction of sp³-hybridized carbons (Fsp3) is 0.667. The number of nitrogens with zero attached hydrogens (tertiary/aromatic N) is 1. The number of hydrogen-bond acceptors (Lipinski definition) is 2. The third kappa shape index (κ3) is 1.25. The van der Waals surface area contributed by atoms with Crippen LogP contribution in [0.15, 0.2) is 0 Å². The van der Waals surface area contributed by atoms with E-state index >= 15 is 0 Å². The highest BCUT2D eigenvalue weighted by molar-refractivity contribution is 5.29. The third-order valence-corrected chi connectivity index (χ3v) is 2.41. The van der Waals surface area contributed by atoms with E-state index in [0.717, 1.165) is 6.42 Å². The van der Waals surface area contributed by atoms with Crippen LogP contribution in [0.25, 0.3) is 0 Å². The van der Waals surface area contributed by atoms with Gasteiger partial charge in [-0.05, 0) is 31.7 Å². The van der Waals surface area contributed by atoms with E-state index in [9.17, 15) is 0 Å². The Morgan fingerprint density at radius 1 is 1.58 bits per heavy atom. The van der Waals surface area contributed by atoms with Gasteiger partial charge in [-0.1, -0.05) is 0 Å². The Morgan fingerprint density at radius 3 is 3.17 bits per heavy atom. The molecule has 0 amide bonds. The fourth-order valence-corrected chi connectivity index (χ4v) is 1.86. The molecular weight excluding hydrogens is 150 g/mol. The number of hydrogen-bond donors (Lipinski definition) is 2. The summed E-state index contributed by atoms with van der Waals surface area (Å²) in [4.78, 5) is 0. The number of nitrogens with two attached hydrogens (primary N) is 1. The average Bonchev–Trinajstić information content (AvgIpc) is 2.52. The molecule has 0 saturated carbocycles. The number of fused-ring (bicyclic) bond motifs is 1. The molecule has 3 nitrogen and oxygen atoms in total. The van der Waals surface area contributed by atoms with Gasteiger partial charge in [0.1, 0.15) is 0 Å². The van der Waals surface area contributed by atoms with Crippen molar-refractivity contribution in [1.29, 1.82) is 0 Å². The molecule has 3 N–H and O–H groups in total. The Balaban J connectivity index is 2.22. The number of aromatic nitrogens is 2. The van der Waals surface area contributed by atoms with Crippen molar-refractivity contribution in [1.82, 2.24) is 10.2 Å². The Morgan fingerprint density at radius 2 is 2.42 bits per heavy atom. The smallest absolute Gasteiger partial charge is 0.0672 e. The molecule has 1 atom stereocenters. The molecule has 1 aliphatic carbocycles. The zero-order valence-corrected chi connectivity index (χ0v) is 7.43. The standard InChI is InChI=1S/C9H15N3/c1-6(10)5-9-7-3-2-4-8(7)11-12-9/h6H,2-5,10H2,1H3,(H,11,12)/t6-/m1/s1. The van der Waals surface area contributed by atoms with Crippen LogP contribution in [0.1, 0.15) is 30.3 Å². The quantitative estimate of drug-likeness (QED) is 0.680. The minimum atomic E-state index is 0.220. The summed E-state index contributed by atoms with van der Waals surface area (Å²) in [6.07, 6.45) is 4.54. The van der Waals surface area contributed by atoms with Gasteiger partial charge in [0.2, 0.25) is 0 Å². The SMILES string of the molecule is C[C@@H](N)Cc1n[nH]c2c1CCC2. The first-order chi connectivity index (χ1) is 5.77. The van der Waals surface area contributed by atoms with Crippen LogP contribution in [0.5, 0.6) is 0 Å². The van der Waals surface area contributed by atoms with Gasteiger partial charge in [-0.15, -0.1) is 0 Å². The molecule has 2 rings (SSSR count). The molecule has 3 heteroatoms. The minimum Gasteiger partial charge on any atom is -0.328 e. The molecule has 1 aromatic rings. The highest BCUT2D eigenvalue weighted by atomic mass is 15.1. The maximum Gasteiger partial charge on any atom is 0.0672 e. The summed E-state index contributed by atoms with van der Waals surface area (Å²) in [6, 6.07) is 0.220. The van der Waals surface area contributed by atoms with Crippen molar-refractivity contribution in [3.8, 4) is 0 Å². The number of rotatable bonds is 2. The van der Waals surface area contributed by atoms with Gasteiger partial charge in [0, 0.05) is 18.2 Å². The molecule has 0 aromatic carbocycles. The van der Waals surface area contributed by atoms with Gasteiger partial charge in [0.15, 0.2) is 0 Å². The number of aromatic amines is 1. The van der Waals surface area contributed by atoms with Crippen LogP contribution < -0.4 is 5.73 Å². The topological polar surface area (TPSA) is 54.7 Å². The first kappa shape index (κ1) is 7.80. The van der Waals surface area contributed by atoms with Crippen LogP contribution in [0.3, 0.4) is 0 Å². The van der Waals surface area contributed by atoms with Crippen molar-refractivity contribution in [2.75, 3.05) is 0 Å². The van der Waals surface area contributed by atoms with Crippen molar-refractivity contribution < 1.29 is 0 Å². The zero-order valence-electron chi connectivity index (χ0n) is 7.43. The van der Waals surface area contributed by atoms with Gasteiger partial charge in [-0.3, -0.25) is 5.10 Å². The third-order valence-electron chi connectivity index (χ3n) is 2.41. The highest BCUT2D eigenvalue weighted by Crippen LogP contribution is 2.23. The lowest BCUT2D eigenvalue weighted by atomic mass is 10.1. The van der Waals surface area contributed by atoms with E-state index in [1.54, 1.807) is 0 Å². The molecule has 0 aliphatic heterocycles. The molecule has 0 spiro atoms. The molecule has 0 unspecified atom stereocenters. The van der Waals surface area contributed by atoms with Crippen LogP contribution in [0.2, 0.25) is 0 Å². The van der Waals surface area contributed by atoms with Crippen LogP contribution in [0, 0.1) is 0 Å². The largest absolute Gasteiger partial charge is 0.328 e. The molecule has 12 heavy (non-hydrogen) atoms. The van der Waals surface area contributed by atoms with E-state index in [-0.39, 0.29) is 6.04 Å². The van der Waals surface area contributed by atoms with E-state index in [4.69, 9.17) is 5.73 Å². The summed E-state index contributed by atoms with van der Waals surface area (Å²) >= 11 is 0. The first-order valence-electron chi connectivity index (χ1n) is 4.58. The van der Waals surface area contributed by atoms with Gasteiger partial charge >= 0.3 is 0 Å². The maximum atomic E-state index is 5.72. The molecule has 0 radical (unpaired) electrons. The fourth-order valence-electron chi connectivity index (χ4n) is 1.86. The summed E-state index contributed by atoms with van der Waals surface area (Å²) in [7, 11) is 0. The molecule has 1 aliphatic rings. The minimum absolute atomic E-state index is 0.220. The second kappa shape index (κ2) is 2.90. The Kier molecular flexibility index (Phi) is 1.89. The average molecular weight is 165 g/mol. The van der Waals surface area contributed by atoms with E-state index < -0.39 is 0 Å². The predicted molar refractivity (Wildman–Crippen MR) is 48.0 cm³/mol. The molecule has 66 valence electrons. The molecular formula is C9H15N3. The monoisotopic (exact) mass is 165 g/mol. The van der Waals surface area contributed by atoms with Crippen molar-refractivity contribution in [3.63, 3.8) is 0 Å². The van der Waals surface area contributed by atoms with Crippen LogP contribution >= 0.6 is 0 Å². The van der Waals surface area contributed by atoms with Gasteiger partial charge < -0.3 is 5.73 Å². The summed E-state index contributed by atoms with van der Waals surface area (Å²) in [5.41, 5.74) is 9.69. The second-order valence-corrected chi connectivity index (χ2v) is 3.66. The predicted octanol–water partition coefficient (Wildman–Crippen LogP) is 0.788. The second-order valence-electron chi connectivity index (χ2n) is 3.66. The molecule has 0 fully saturated rings.